The zero-order chi connectivity index (χ0) is 17.3. The van der Waals surface area contributed by atoms with Gasteiger partial charge in [-0.1, -0.05) is 0 Å². The Kier molecular flexibility index (Phi) is 4.13. The maximum Gasteiger partial charge on any atom is 0.434 e. The first kappa shape index (κ1) is 16.2. The van der Waals surface area contributed by atoms with E-state index in [4.69, 9.17) is 5.26 Å². The fraction of sp³-hybridized carbons (Fsp3) is 0.467. The van der Waals surface area contributed by atoms with Crippen molar-refractivity contribution in [2.24, 2.45) is 7.05 Å². The fourth-order valence-electron chi connectivity index (χ4n) is 3.02. The number of imidazole rings is 1. The summed E-state index contributed by atoms with van der Waals surface area (Å²) >= 11 is 0. The van der Waals surface area contributed by atoms with Crippen molar-refractivity contribution in [2.45, 2.75) is 24.9 Å². The first-order valence-corrected chi connectivity index (χ1v) is 7.46. The van der Waals surface area contributed by atoms with Crippen LogP contribution in [-0.4, -0.2) is 32.6 Å². The van der Waals surface area contributed by atoms with E-state index in [0.717, 1.165) is 19.0 Å². The van der Waals surface area contributed by atoms with Crippen LogP contribution in [-0.2, 0) is 13.2 Å². The van der Waals surface area contributed by atoms with Gasteiger partial charge in [0.2, 0.25) is 0 Å². The second-order valence-electron chi connectivity index (χ2n) is 5.72. The maximum atomic E-state index is 12.8. The van der Waals surface area contributed by atoms with Crippen molar-refractivity contribution in [3.63, 3.8) is 0 Å². The molecule has 0 radical (unpaired) electrons. The van der Waals surface area contributed by atoms with E-state index in [2.05, 4.69) is 15.0 Å². The number of anilines is 1. The summed E-state index contributed by atoms with van der Waals surface area (Å²) < 4.78 is 40.0. The Morgan fingerprint density at radius 3 is 2.71 bits per heavy atom. The number of rotatable bonds is 2. The molecule has 1 fully saturated rings. The highest BCUT2D eigenvalue weighted by atomic mass is 19.4. The highest BCUT2D eigenvalue weighted by Gasteiger charge is 2.36. The van der Waals surface area contributed by atoms with E-state index in [1.165, 1.54) is 17.0 Å². The topological polar surface area (TPSA) is 70.6 Å². The van der Waals surface area contributed by atoms with Gasteiger partial charge in [-0.15, -0.1) is 0 Å². The van der Waals surface area contributed by atoms with E-state index < -0.39 is 11.9 Å². The maximum absolute atomic E-state index is 12.8. The Balaban J connectivity index is 1.87. The van der Waals surface area contributed by atoms with Gasteiger partial charge in [-0.25, -0.2) is 15.0 Å². The molecule has 3 rings (SSSR count). The number of aromatic nitrogens is 4. The van der Waals surface area contributed by atoms with Crippen molar-refractivity contribution in [2.75, 3.05) is 18.0 Å². The predicted molar refractivity (Wildman–Crippen MR) is 79.1 cm³/mol. The first-order valence-electron chi connectivity index (χ1n) is 7.46. The van der Waals surface area contributed by atoms with Gasteiger partial charge in [0.05, 0.1) is 0 Å². The van der Waals surface area contributed by atoms with E-state index in [-0.39, 0.29) is 11.6 Å². The first-order chi connectivity index (χ1) is 11.4. The van der Waals surface area contributed by atoms with E-state index in [0.29, 0.717) is 24.7 Å². The van der Waals surface area contributed by atoms with Gasteiger partial charge in [-0.05, 0) is 12.8 Å². The Morgan fingerprint density at radius 2 is 2.04 bits per heavy atom. The smallest absolute Gasteiger partial charge is 0.353 e. The van der Waals surface area contributed by atoms with Crippen molar-refractivity contribution < 1.29 is 13.2 Å². The highest BCUT2D eigenvalue weighted by Crippen LogP contribution is 2.33. The number of nitriles is 1. The molecule has 1 unspecified atom stereocenters. The normalized spacial score (nSPS) is 18.5. The average Bonchev–Trinajstić information content (AvgIpc) is 2.97. The van der Waals surface area contributed by atoms with E-state index >= 15 is 0 Å². The average molecular weight is 336 g/mol. The van der Waals surface area contributed by atoms with Crippen LogP contribution in [0.4, 0.5) is 19.0 Å². The molecule has 2 aromatic heterocycles. The van der Waals surface area contributed by atoms with Crippen molar-refractivity contribution in [3.05, 3.63) is 35.8 Å². The SMILES string of the molecule is Cn1cc(C(F)(F)F)nc1C1CCCN(c2nccnc2C#N)C1. The second kappa shape index (κ2) is 6.11. The third-order valence-electron chi connectivity index (χ3n) is 4.07. The summed E-state index contributed by atoms with van der Waals surface area (Å²) in [4.78, 5) is 13.9. The lowest BCUT2D eigenvalue weighted by Crippen LogP contribution is -2.36. The summed E-state index contributed by atoms with van der Waals surface area (Å²) in [5, 5.41) is 9.15. The van der Waals surface area contributed by atoms with Crippen molar-refractivity contribution in [1.82, 2.24) is 19.5 Å². The van der Waals surface area contributed by atoms with E-state index in [1.54, 1.807) is 7.05 Å². The number of aryl methyl sites for hydroxylation is 1. The molecular weight excluding hydrogens is 321 g/mol. The molecule has 24 heavy (non-hydrogen) atoms. The molecule has 0 bridgehead atoms. The molecule has 0 spiro atoms. The van der Waals surface area contributed by atoms with Crippen molar-refractivity contribution >= 4 is 5.82 Å². The molecule has 0 aromatic carbocycles. The summed E-state index contributed by atoms with van der Waals surface area (Å²) in [6.07, 6.45) is 1.02. The molecule has 1 aliphatic rings. The zero-order valence-corrected chi connectivity index (χ0v) is 13.0. The Bertz CT molecular complexity index is 776. The number of hydrogen-bond donors (Lipinski definition) is 0. The van der Waals surface area contributed by atoms with Gasteiger partial charge >= 0.3 is 6.18 Å². The summed E-state index contributed by atoms with van der Waals surface area (Å²) in [5.74, 6) is 0.706. The third-order valence-corrected chi connectivity index (χ3v) is 4.07. The molecule has 126 valence electrons. The summed E-state index contributed by atoms with van der Waals surface area (Å²) in [6, 6.07) is 2.00. The molecule has 0 aliphatic carbocycles. The Labute approximate surface area is 136 Å². The minimum absolute atomic E-state index is 0.159. The fourth-order valence-corrected chi connectivity index (χ4v) is 3.02. The van der Waals surface area contributed by atoms with Crippen LogP contribution in [0.5, 0.6) is 0 Å². The molecule has 1 aliphatic heterocycles. The quantitative estimate of drug-likeness (QED) is 0.843. The lowest BCUT2D eigenvalue weighted by molar-refractivity contribution is -0.141. The Hall–Kier alpha value is -2.63. The van der Waals surface area contributed by atoms with Crippen molar-refractivity contribution in [1.29, 1.82) is 5.26 Å². The monoisotopic (exact) mass is 336 g/mol. The van der Waals surface area contributed by atoms with Crippen LogP contribution < -0.4 is 4.90 Å². The summed E-state index contributed by atoms with van der Waals surface area (Å²) in [5.41, 5.74) is -0.664. The molecule has 0 amide bonds. The third kappa shape index (κ3) is 3.04. The number of nitrogens with zero attached hydrogens (tertiary/aromatic N) is 6. The highest BCUT2D eigenvalue weighted by molar-refractivity contribution is 5.50. The van der Waals surface area contributed by atoms with Gasteiger partial charge < -0.3 is 9.47 Å². The second-order valence-corrected chi connectivity index (χ2v) is 5.72. The summed E-state index contributed by atoms with van der Waals surface area (Å²) in [6.45, 7) is 1.13. The largest absolute Gasteiger partial charge is 0.434 e. The van der Waals surface area contributed by atoms with Gasteiger partial charge in [0.1, 0.15) is 11.9 Å². The number of piperidine rings is 1. The van der Waals surface area contributed by atoms with Crippen LogP contribution in [0.2, 0.25) is 0 Å². The molecule has 0 saturated carbocycles. The van der Waals surface area contributed by atoms with Crippen LogP contribution in [0.3, 0.4) is 0 Å². The van der Waals surface area contributed by atoms with Gasteiger partial charge in [0, 0.05) is 44.6 Å². The minimum Gasteiger partial charge on any atom is -0.353 e. The lowest BCUT2D eigenvalue weighted by Gasteiger charge is -2.33. The summed E-state index contributed by atoms with van der Waals surface area (Å²) in [7, 11) is 1.57. The van der Waals surface area contributed by atoms with Crippen LogP contribution in [0.1, 0.15) is 36.0 Å². The standard InChI is InChI=1S/C15H15F3N6/c1-23-9-12(15(16,17)18)22-13(23)10-3-2-6-24(8-10)14-11(7-19)20-4-5-21-14/h4-5,9-10H,2-3,6,8H2,1H3. The zero-order valence-electron chi connectivity index (χ0n) is 13.0. The van der Waals surface area contributed by atoms with E-state index in [9.17, 15) is 13.2 Å². The Morgan fingerprint density at radius 1 is 1.29 bits per heavy atom. The predicted octanol–water partition coefficient (Wildman–Crippen LogP) is 2.48. The molecule has 1 atom stereocenters. The molecule has 9 heteroatoms. The van der Waals surface area contributed by atoms with E-state index in [1.807, 2.05) is 11.0 Å². The molecular formula is C15H15F3N6. The molecule has 0 N–H and O–H groups in total. The number of halogens is 3. The minimum atomic E-state index is -4.46. The van der Waals surface area contributed by atoms with Crippen molar-refractivity contribution in [3.8, 4) is 6.07 Å². The van der Waals surface area contributed by atoms with Crippen LogP contribution in [0.25, 0.3) is 0 Å². The molecule has 1 saturated heterocycles. The molecule has 6 nitrogen and oxygen atoms in total. The number of alkyl halides is 3. The van der Waals surface area contributed by atoms with Crippen LogP contribution in [0.15, 0.2) is 18.6 Å². The van der Waals surface area contributed by atoms with Gasteiger partial charge in [0.15, 0.2) is 17.2 Å². The van der Waals surface area contributed by atoms with Gasteiger partial charge in [0.25, 0.3) is 0 Å². The van der Waals surface area contributed by atoms with Crippen LogP contribution >= 0.6 is 0 Å². The number of hydrogen-bond acceptors (Lipinski definition) is 5. The van der Waals surface area contributed by atoms with Gasteiger partial charge in [-0.3, -0.25) is 0 Å². The van der Waals surface area contributed by atoms with Crippen LogP contribution in [0, 0.1) is 11.3 Å². The molecule has 3 heterocycles. The van der Waals surface area contributed by atoms with Gasteiger partial charge in [-0.2, -0.15) is 18.4 Å². The molecule has 2 aromatic rings. The lowest BCUT2D eigenvalue weighted by atomic mass is 9.97.